The van der Waals surface area contributed by atoms with Gasteiger partial charge in [-0.2, -0.15) is 0 Å². The van der Waals surface area contributed by atoms with Gasteiger partial charge in [-0.05, 0) is 56.8 Å². The van der Waals surface area contributed by atoms with Crippen LogP contribution in [0.5, 0.6) is 0 Å². The third-order valence-corrected chi connectivity index (χ3v) is 2.80. The van der Waals surface area contributed by atoms with E-state index in [0.29, 0.717) is 5.92 Å². The summed E-state index contributed by atoms with van der Waals surface area (Å²) in [6.07, 6.45) is 3.00. The normalized spacial score (nSPS) is 11.1. The molecule has 96 valence electrons. The summed E-state index contributed by atoms with van der Waals surface area (Å²) in [5.74, 6) is 0.634. The molecular weight excluding hydrogens is 213 g/mol. The van der Waals surface area contributed by atoms with E-state index in [1.165, 1.54) is 0 Å². The van der Waals surface area contributed by atoms with Crippen molar-refractivity contribution in [2.75, 3.05) is 13.1 Å². The Kier molecular flexibility index (Phi) is 6.20. The molecule has 0 radical (unpaired) electrons. The predicted molar refractivity (Wildman–Crippen MR) is 71.8 cm³/mol. The molecule has 1 aromatic rings. The first kappa shape index (κ1) is 14.2. The van der Waals surface area contributed by atoms with Crippen molar-refractivity contribution in [2.24, 2.45) is 5.92 Å². The minimum absolute atomic E-state index is 0.0641. The van der Waals surface area contributed by atoms with Crippen LogP contribution in [0.15, 0.2) is 18.2 Å². The largest absolute Gasteiger partial charge is 0.316 e. The van der Waals surface area contributed by atoms with Crippen LogP contribution in [0.1, 0.15) is 37.8 Å². The van der Waals surface area contributed by atoms with Gasteiger partial charge < -0.3 is 5.32 Å². The van der Waals surface area contributed by atoms with Gasteiger partial charge in [0.25, 0.3) is 0 Å². The van der Waals surface area contributed by atoms with Crippen LogP contribution < -0.4 is 5.32 Å². The molecule has 0 aliphatic heterocycles. The Morgan fingerprint density at radius 3 is 2.71 bits per heavy atom. The summed E-state index contributed by atoms with van der Waals surface area (Å²) < 4.78 is 13.4. The fourth-order valence-electron chi connectivity index (χ4n) is 1.85. The monoisotopic (exact) mass is 237 g/mol. The lowest BCUT2D eigenvalue weighted by Gasteiger charge is -2.07. The maximum absolute atomic E-state index is 13.4. The van der Waals surface area contributed by atoms with E-state index in [4.69, 9.17) is 0 Å². The third-order valence-electron chi connectivity index (χ3n) is 2.80. The first-order valence-electron chi connectivity index (χ1n) is 6.55. The Hall–Kier alpha value is -0.890. The zero-order chi connectivity index (χ0) is 12.7. The van der Waals surface area contributed by atoms with Gasteiger partial charge in [-0.1, -0.05) is 31.5 Å². The Morgan fingerprint density at radius 1 is 1.24 bits per heavy atom. The number of hydrogen-bond acceptors (Lipinski definition) is 1. The van der Waals surface area contributed by atoms with Crippen LogP contribution in [0.2, 0.25) is 0 Å². The average molecular weight is 237 g/mol. The van der Waals surface area contributed by atoms with E-state index in [0.717, 1.165) is 43.5 Å². The van der Waals surface area contributed by atoms with Gasteiger partial charge in [-0.25, -0.2) is 4.39 Å². The highest BCUT2D eigenvalue weighted by atomic mass is 19.1. The third kappa shape index (κ3) is 5.83. The van der Waals surface area contributed by atoms with E-state index in [-0.39, 0.29) is 5.82 Å². The maximum Gasteiger partial charge on any atom is 0.126 e. The lowest BCUT2D eigenvalue weighted by Crippen LogP contribution is -2.20. The van der Waals surface area contributed by atoms with Crippen molar-refractivity contribution in [1.29, 1.82) is 0 Å². The van der Waals surface area contributed by atoms with E-state index in [2.05, 4.69) is 19.2 Å². The van der Waals surface area contributed by atoms with Gasteiger partial charge in [-0.3, -0.25) is 0 Å². The molecule has 0 amide bonds. The van der Waals surface area contributed by atoms with Gasteiger partial charge >= 0.3 is 0 Å². The fraction of sp³-hybridized carbons (Fsp3) is 0.600. The van der Waals surface area contributed by atoms with Crippen LogP contribution >= 0.6 is 0 Å². The van der Waals surface area contributed by atoms with Crippen LogP contribution in [-0.2, 0) is 6.42 Å². The first-order valence-corrected chi connectivity index (χ1v) is 6.55. The summed E-state index contributed by atoms with van der Waals surface area (Å²) in [5, 5.41) is 3.40. The van der Waals surface area contributed by atoms with Crippen molar-refractivity contribution < 1.29 is 4.39 Å². The molecule has 0 bridgehead atoms. The molecule has 1 aromatic carbocycles. The molecule has 0 aliphatic carbocycles. The Labute approximate surface area is 104 Å². The molecule has 0 saturated carbocycles. The van der Waals surface area contributed by atoms with Crippen LogP contribution in [0.3, 0.4) is 0 Å². The van der Waals surface area contributed by atoms with Crippen molar-refractivity contribution in [3.63, 3.8) is 0 Å². The number of hydrogen-bond donors (Lipinski definition) is 1. The number of halogens is 1. The van der Waals surface area contributed by atoms with Gasteiger partial charge in [0, 0.05) is 0 Å². The van der Waals surface area contributed by atoms with Crippen molar-refractivity contribution in [2.45, 2.75) is 40.0 Å². The fourth-order valence-corrected chi connectivity index (χ4v) is 1.85. The van der Waals surface area contributed by atoms with E-state index >= 15 is 0 Å². The number of aryl methyl sites for hydroxylation is 2. The van der Waals surface area contributed by atoms with Gasteiger partial charge in [0.15, 0.2) is 0 Å². The molecule has 0 heterocycles. The molecule has 0 saturated heterocycles. The molecule has 0 fully saturated rings. The van der Waals surface area contributed by atoms with Crippen LogP contribution in [0.25, 0.3) is 0 Å². The standard InChI is InChI=1S/C15H24FN/c1-12(2)11-17-9-5-4-6-14-10-13(3)7-8-15(14)16/h7-8,10,12,17H,4-6,9,11H2,1-3H3. The highest BCUT2D eigenvalue weighted by molar-refractivity contribution is 5.24. The summed E-state index contributed by atoms with van der Waals surface area (Å²) >= 11 is 0. The number of unbranched alkanes of at least 4 members (excludes halogenated alkanes) is 1. The predicted octanol–water partition coefficient (Wildman–Crippen LogP) is 3.70. The van der Waals surface area contributed by atoms with E-state index in [1.54, 1.807) is 6.07 Å². The number of rotatable bonds is 7. The molecule has 0 atom stereocenters. The minimum Gasteiger partial charge on any atom is -0.316 e. The highest BCUT2D eigenvalue weighted by Crippen LogP contribution is 2.12. The van der Waals surface area contributed by atoms with E-state index in [1.807, 2.05) is 19.1 Å². The Balaban J connectivity index is 2.20. The molecule has 1 N–H and O–H groups in total. The average Bonchev–Trinajstić information content (AvgIpc) is 2.27. The quantitative estimate of drug-likeness (QED) is 0.713. The zero-order valence-electron chi connectivity index (χ0n) is 11.2. The van der Waals surface area contributed by atoms with Crippen molar-refractivity contribution in [1.82, 2.24) is 5.32 Å². The molecule has 2 heteroatoms. The second-order valence-corrected chi connectivity index (χ2v) is 5.15. The van der Waals surface area contributed by atoms with Crippen LogP contribution in [-0.4, -0.2) is 13.1 Å². The van der Waals surface area contributed by atoms with Gasteiger partial charge in [0.05, 0.1) is 0 Å². The molecule has 0 spiro atoms. The summed E-state index contributed by atoms with van der Waals surface area (Å²) in [6.45, 7) is 8.52. The number of benzene rings is 1. The Bertz CT molecular complexity index is 334. The van der Waals surface area contributed by atoms with E-state index < -0.39 is 0 Å². The minimum atomic E-state index is -0.0641. The van der Waals surface area contributed by atoms with Crippen molar-refractivity contribution >= 4 is 0 Å². The molecule has 17 heavy (non-hydrogen) atoms. The topological polar surface area (TPSA) is 12.0 Å². The zero-order valence-corrected chi connectivity index (χ0v) is 11.2. The Morgan fingerprint density at radius 2 is 2.00 bits per heavy atom. The maximum atomic E-state index is 13.4. The van der Waals surface area contributed by atoms with E-state index in [9.17, 15) is 4.39 Å². The molecule has 0 unspecified atom stereocenters. The lowest BCUT2D eigenvalue weighted by molar-refractivity contribution is 0.532. The summed E-state index contributed by atoms with van der Waals surface area (Å²) in [5.41, 5.74) is 1.99. The van der Waals surface area contributed by atoms with Gasteiger partial charge in [-0.15, -0.1) is 0 Å². The number of nitrogens with one attached hydrogen (secondary N) is 1. The second kappa shape index (κ2) is 7.44. The first-order chi connectivity index (χ1) is 8.09. The van der Waals surface area contributed by atoms with Crippen molar-refractivity contribution in [3.8, 4) is 0 Å². The lowest BCUT2D eigenvalue weighted by atomic mass is 10.1. The van der Waals surface area contributed by atoms with Crippen LogP contribution in [0.4, 0.5) is 4.39 Å². The van der Waals surface area contributed by atoms with Crippen molar-refractivity contribution in [3.05, 3.63) is 35.1 Å². The molecule has 1 rings (SSSR count). The summed E-state index contributed by atoms with van der Waals surface area (Å²) in [4.78, 5) is 0. The highest BCUT2D eigenvalue weighted by Gasteiger charge is 2.01. The van der Waals surface area contributed by atoms with Crippen LogP contribution in [0, 0.1) is 18.7 Å². The second-order valence-electron chi connectivity index (χ2n) is 5.15. The van der Waals surface area contributed by atoms with Gasteiger partial charge in [0.1, 0.15) is 5.82 Å². The molecular formula is C15H24FN. The summed E-state index contributed by atoms with van der Waals surface area (Å²) in [7, 11) is 0. The molecule has 0 aromatic heterocycles. The van der Waals surface area contributed by atoms with Gasteiger partial charge in [0.2, 0.25) is 0 Å². The summed E-state index contributed by atoms with van der Waals surface area (Å²) in [6, 6.07) is 5.35. The smallest absolute Gasteiger partial charge is 0.126 e. The SMILES string of the molecule is Cc1ccc(F)c(CCCCNCC(C)C)c1. The molecule has 1 nitrogen and oxygen atoms in total. The molecule has 0 aliphatic rings.